The van der Waals surface area contributed by atoms with Crippen molar-refractivity contribution >= 4 is 6.79 Å². The van der Waals surface area contributed by atoms with Crippen molar-refractivity contribution < 1.29 is 4.79 Å². The van der Waals surface area contributed by atoms with E-state index in [0.717, 1.165) is 0 Å². The standard InChI is InChI=1S/2C9H12.C3H8.3C2H6.C2H4.CH2O/c2*1-7-4-5-8(2)9(3)6-7;1-3-2;5*1-2/h2*4-6H,1-3H3;3H2,1-2H3;3*1-2H3;1-2H2;1H2. The van der Waals surface area contributed by atoms with Gasteiger partial charge in [-0.3, -0.25) is 0 Å². The molecule has 0 spiro atoms. The first kappa shape index (κ1) is 42.9. The predicted molar refractivity (Wildman–Crippen MR) is 150 cm³/mol. The maximum atomic E-state index is 8.00. The molecular formula is C30H56O. The third-order valence-electron chi connectivity index (χ3n) is 3.32. The maximum Gasteiger partial charge on any atom is 0.106 e. The van der Waals surface area contributed by atoms with Crippen molar-refractivity contribution in [3.8, 4) is 0 Å². The van der Waals surface area contributed by atoms with Crippen molar-refractivity contribution in [2.24, 2.45) is 0 Å². The second-order valence-electron chi connectivity index (χ2n) is 5.88. The highest BCUT2D eigenvalue weighted by Crippen LogP contribution is 2.08. The third kappa shape index (κ3) is 32.7. The molecule has 0 N–H and O–H groups in total. The van der Waals surface area contributed by atoms with E-state index >= 15 is 0 Å². The van der Waals surface area contributed by atoms with Crippen molar-refractivity contribution in [1.29, 1.82) is 0 Å². The number of aryl methyl sites for hydroxylation is 6. The maximum absolute atomic E-state index is 8.00. The molecule has 0 aliphatic heterocycles. The molecule has 0 unspecified atom stereocenters. The summed E-state index contributed by atoms with van der Waals surface area (Å²) in [5, 5.41) is 0. The van der Waals surface area contributed by atoms with E-state index in [1.807, 2.05) is 48.3 Å². The summed E-state index contributed by atoms with van der Waals surface area (Å²) in [6, 6.07) is 13.0. The van der Waals surface area contributed by atoms with E-state index in [0.29, 0.717) is 0 Å². The van der Waals surface area contributed by atoms with Gasteiger partial charge in [0.05, 0.1) is 0 Å². The van der Waals surface area contributed by atoms with Crippen molar-refractivity contribution in [2.45, 2.75) is 103 Å². The SMILES string of the molecule is C=C.C=O.CC.CC.CC.CCC.Cc1ccc(C)c(C)c1.Cc1ccc(C)c(C)c1. The zero-order chi connectivity index (χ0) is 26.4. The molecule has 0 bridgehead atoms. The van der Waals surface area contributed by atoms with Crippen molar-refractivity contribution in [1.82, 2.24) is 0 Å². The van der Waals surface area contributed by atoms with E-state index in [-0.39, 0.29) is 0 Å². The fourth-order valence-electron chi connectivity index (χ4n) is 1.78. The van der Waals surface area contributed by atoms with E-state index in [9.17, 15) is 0 Å². The number of carbonyl (C=O) groups is 1. The molecule has 31 heavy (non-hydrogen) atoms. The monoisotopic (exact) mass is 432 g/mol. The second kappa shape index (κ2) is 38.5. The molecule has 0 amide bonds. The Morgan fingerprint density at radius 3 is 0.839 bits per heavy atom. The summed E-state index contributed by atoms with van der Waals surface area (Å²) < 4.78 is 0. The quantitative estimate of drug-likeness (QED) is 0.378. The minimum Gasteiger partial charge on any atom is -0.307 e. The molecule has 0 radical (unpaired) electrons. The molecule has 0 atom stereocenters. The Labute approximate surface area is 198 Å². The Kier molecular flexibility index (Phi) is 53.2. The average Bonchev–Trinajstić information content (AvgIpc) is 2.82. The Bertz CT molecular complexity index is 519. The van der Waals surface area contributed by atoms with Crippen molar-refractivity contribution in [3.05, 3.63) is 82.9 Å². The molecule has 1 heteroatoms. The Hall–Kier alpha value is -2.15. The van der Waals surface area contributed by atoms with Gasteiger partial charge in [-0.25, -0.2) is 0 Å². The van der Waals surface area contributed by atoms with Crippen LogP contribution in [0.15, 0.2) is 49.6 Å². The fourth-order valence-corrected chi connectivity index (χ4v) is 1.78. The van der Waals surface area contributed by atoms with E-state index < -0.39 is 0 Å². The Morgan fingerprint density at radius 2 is 0.710 bits per heavy atom. The van der Waals surface area contributed by atoms with Gasteiger partial charge in [-0.2, -0.15) is 0 Å². The highest BCUT2D eigenvalue weighted by Gasteiger charge is 1.89. The summed E-state index contributed by atoms with van der Waals surface area (Å²) in [6.45, 7) is 37.0. The van der Waals surface area contributed by atoms with Crippen LogP contribution in [0.25, 0.3) is 0 Å². The van der Waals surface area contributed by atoms with Gasteiger partial charge in [0.25, 0.3) is 0 Å². The van der Waals surface area contributed by atoms with Crippen LogP contribution in [0.3, 0.4) is 0 Å². The van der Waals surface area contributed by atoms with Crippen LogP contribution in [-0.4, -0.2) is 6.79 Å². The molecule has 1 nitrogen and oxygen atoms in total. The number of benzene rings is 2. The second-order valence-corrected chi connectivity index (χ2v) is 5.88. The van der Waals surface area contributed by atoms with Gasteiger partial charge >= 0.3 is 0 Å². The Balaban J connectivity index is -0.0000000664. The number of hydrogen-bond donors (Lipinski definition) is 0. The highest BCUT2D eigenvalue weighted by atomic mass is 16.1. The Morgan fingerprint density at radius 1 is 0.516 bits per heavy atom. The van der Waals surface area contributed by atoms with Crippen molar-refractivity contribution in [2.75, 3.05) is 0 Å². The van der Waals surface area contributed by atoms with Crippen LogP contribution in [0.2, 0.25) is 0 Å². The summed E-state index contributed by atoms with van der Waals surface area (Å²) in [7, 11) is 0. The molecule has 0 aliphatic carbocycles. The van der Waals surface area contributed by atoms with E-state index in [1.165, 1.54) is 39.8 Å². The molecule has 0 fully saturated rings. The molecule has 0 heterocycles. The first-order chi connectivity index (χ1) is 14.8. The van der Waals surface area contributed by atoms with Crippen LogP contribution in [0.4, 0.5) is 0 Å². The minimum atomic E-state index is 1.25. The molecule has 0 aliphatic rings. The molecular weight excluding hydrogens is 376 g/mol. The van der Waals surface area contributed by atoms with Crippen LogP contribution in [-0.2, 0) is 4.79 Å². The molecule has 2 rings (SSSR count). The van der Waals surface area contributed by atoms with Crippen LogP contribution < -0.4 is 0 Å². The van der Waals surface area contributed by atoms with Gasteiger partial charge in [0.1, 0.15) is 6.79 Å². The molecule has 0 saturated carbocycles. The first-order valence-corrected chi connectivity index (χ1v) is 11.7. The van der Waals surface area contributed by atoms with Crippen LogP contribution in [0.5, 0.6) is 0 Å². The number of carbonyl (C=O) groups excluding carboxylic acids is 1. The summed E-state index contributed by atoms with van der Waals surface area (Å²) in [6.07, 6.45) is 1.25. The lowest BCUT2D eigenvalue weighted by Crippen LogP contribution is -1.79. The predicted octanol–water partition coefficient (Wildman–Crippen LogP) is 10.3. The normalized spacial score (nSPS) is 7.03. The van der Waals surface area contributed by atoms with Gasteiger partial charge in [0.15, 0.2) is 0 Å². The molecule has 182 valence electrons. The lowest BCUT2D eigenvalue weighted by atomic mass is 10.1. The summed E-state index contributed by atoms with van der Waals surface area (Å²) in [5.74, 6) is 0. The van der Waals surface area contributed by atoms with Crippen LogP contribution in [0, 0.1) is 41.5 Å². The van der Waals surface area contributed by atoms with Gasteiger partial charge in [-0.05, 0) is 63.8 Å². The topological polar surface area (TPSA) is 17.1 Å². The van der Waals surface area contributed by atoms with E-state index in [1.54, 1.807) is 0 Å². The first-order valence-electron chi connectivity index (χ1n) is 11.7. The fraction of sp³-hybridized carbons (Fsp3) is 0.500. The molecule has 0 saturated heterocycles. The zero-order valence-electron chi connectivity index (χ0n) is 23.7. The van der Waals surface area contributed by atoms with Gasteiger partial charge in [-0.15, -0.1) is 13.2 Å². The van der Waals surface area contributed by atoms with Gasteiger partial charge in [0, 0.05) is 0 Å². The third-order valence-corrected chi connectivity index (χ3v) is 3.32. The molecule has 2 aromatic carbocycles. The van der Waals surface area contributed by atoms with E-state index in [2.05, 4.69) is 105 Å². The van der Waals surface area contributed by atoms with Crippen LogP contribution in [0.1, 0.15) is 95.2 Å². The largest absolute Gasteiger partial charge is 0.307 e. The van der Waals surface area contributed by atoms with Gasteiger partial charge < -0.3 is 4.79 Å². The minimum absolute atomic E-state index is 1.25. The smallest absolute Gasteiger partial charge is 0.106 e. The van der Waals surface area contributed by atoms with Gasteiger partial charge in [0.2, 0.25) is 0 Å². The lowest BCUT2D eigenvalue weighted by Gasteiger charge is -1.98. The number of rotatable bonds is 0. The van der Waals surface area contributed by atoms with Gasteiger partial charge in [-0.1, -0.05) is 109 Å². The van der Waals surface area contributed by atoms with Crippen LogP contribution >= 0.6 is 0 Å². The lowest BCUT2D eigenvalue weighted by molar-refractivity contribution is -0.0979. The molecule has 2 aromatic rings. The molecule has 0 aromatic heterocycles. The summed E-state index contributed by atoms with van der Waals surface area (Å²) in [4.78, 5) is 8.00. The average molecular weight is 433 g/mol. The van der Waals surface area contributed by atoms with Crippen molar-refractivity contribution in [3.63, 3.8) is 0 Å². The zero-order valence-corrected chi connectivity index (χ0v) is 23.7. The van der Waals surface area contributed by atoms with E-state index in [4.69, 9.17) is 4.79 Å². The number of hydrogen-bond acceptors (Lipinski definition) is 1. The highest BCUT2D eigenvalue weighted by molar-refractivity contribution is 5.29. The summed E-state index contributed by atoms with van der Waals surface area (Å²) in [5.41, 5.74) is 8.21. The summed E-state index contributed by atoms with van der Waals surface area (Å²) >= 11 is 0.